The molecule has 0 aliphatic carbocycles. The highest BCUT2D eigenvalue weighted by Gasteiger charge is 2.26. The summed E-state index contributed by atoms with van der Waals surface area (Å²) in [7, 11) is 1.66. The third-order valence-corrected chi connectivity index (χ3v) is 3.64. The van der Waals surface area contributed by atoms with Gasteiger partial charge in [-0.05, 0) is 37.6 Å². The molecule has 112 valence electrons. The van der Waals surface area contributed by atoms with Crippen LogP contribution >= 0.6 is 12.4 Å². The van der Waals surface area contributed by atoms with Gasteiger partial charge < -0.3 is 15.0 Å². The van der Waals surface area contributed by atoms with Crippen LogP contribution in [0.1, 0.15) is 18.9 Å². The smallest absolute Gasteiger partial charge is 0.227 e. The molecular formula is C15H23ClN2O2. The normalized spacial score (nSPS) is 17.4. The Hall–Kier alpha value is -1.26. The lowest BCUT2D eigenvalue weighted by molar-refractivity contribution is -0.135. The van der Waals surface area contributed by atoms with Crippen molar-refractivity contribution in [2.45, 2.75) is 19.9 Å². The molecular weight excluding hydrogens is 276 g/mol. The second kappa shape index (κ2) is 8.12. The molecule has 1 aliphatic heterocycles. The van der Waals surface area contributed by atoms with Crippen LogP contribution in [0.3, 0.4) is 0 Å². The molecule has 0 spiro atoms. The third-order valence-electron chi connectivity index (χ3n) is 3.64. The van der Waals surface area contributed by atoms with E-state index in [1.165, 1.54) is 0 Å². The Balaban J connectivity index is 0.00000200. The van der Waals surface area contributed by atoms with Gasteiger partial charge in [-0.1, -0.05) is 12.1 Å². The molecule has 4 nitrogen and oxygen atoms in total. The second-order valence-electron chi connectivity index (χ2n) is 4.89. The number of hydrogen-bond acceptors (Lipinski definition) is 3. The summed E-state index contributed by atoms with van der Waals surface area (Å²) in [4.78, 5) is 14.3. The molecule has 1 aromatic rings. The van der Waals surface area contributed by atoms with Gasteiger partial charge in [-0.3, -0.25) is 4.79 Å². The standard InChI is InChI=1S/C15H22N2O2.ClH/c1-3-17(15(18)13-8-9-16-10-13)11-12-4-6-14(19-2)7-5-12;/h4-7,13,16H,3,8-11H2,1-2H3;1H. The van der Waals surface area contributed by atoms with E-state index >= 15 is 0 Å². The molecule has 0 radical (unpaired) electrons. The summed E-state index contributed by atoms with van der Waals surface area (Å²) in [6.45, 7) is 5.23. The zero-order chi connectivity index (χ0) is 13.7. The zero-order valence-electron chi connectivity index (χ0n) is 12.1. The first-order chi connectivity index (χ1) is 9.24. The summed E-state index contributed by atoms with van der Waals surface area (Å²) in [6, 6.07) is 7.90. The second-order valence-corrected chi connectivity index (χ2v) is 4.89. The fraction of sp³-hybridized carbons (Fsp3) is 0.533. The first-order valence-corrected chi connectivity index (χ1v) is 6.87. The number of halogens is 1. The van der Waals surface area contributed by atoms with Crippen LogP contribution in [0, 0.1) is 5.92 Å². The largest absolute Gasteiger partial charge is 0.497 e. The first kappa shape index (κ1) is 16.8. The van der Waals surface area contributed by atoms with Gasteiger partial charge in [-0.2, -0.15) is 0 Å². The van der Waals surface area contributed by atoms with Gasteiger partial charge in [-0.15, -0.1) is 12.4 Å². The van der Waals surface area contributed by atoms with Gasteiger partial charge in [-0.25, -0.2) is 0 Å². The molecule has 1 fully saturated rings. The van der Waals surface area contributed by atoms with Gasteiger partial charge in [0.05, 0.1) is 13.0 Å². The molecule has 5 heteroatoms. The Bertz CT molecular complexity index is 416. The predicted molar refractivity (Wildman–Crippen MR) is 82.3 cm³/mol. The van der Waals surface area contributed by atoms with Crippen LogP contribution in [-0.2, 0) is 11.3 Å². The van der Waals surface area contributed by atoms with E-state index in [1.54, 1.807) is 7.11 Å². The van der Waals surface area contributed by atoms with E-state index in [9.17, 15) is 4.79 Å². The maximum absolute atomic E-state index is 12.4. The van der Waals surface area contributed by atoms with Crippen molar-refractivity contribution in [3.63, 3.8) is 0 Å². The van der Waals surface area contributed by atoms with Crippen molar-refractivity contribution in [2.75, 3.05) is 26.7 Å². The van der Waals surface area contributed by atoms with Crippen LogP contribution in [0.2, 0.25) is 0 Å². The predicted octanol–water partition coefficient (Wildman–Crippen LogP) is 2.08. The number of benzene rings is 1. The fourth-order valence-electron chi connectivity index (χ4n) is 2.42. The van der Waals surface area contributed by atoms with E-state index in [4.69, 9.17) is 4.74 Å². The first-order valence-electron chi connectivity index (χ1n) is 6.87. The minimum Gasteiger partial charge on any atom is -0.497 e. The number of carbonyl (C=O) groups excluding carboxylic acids is 1. The van der Waals surface area contributed by atoms with Crippen molar-refractivity contribution in [1.82, 2.24) is 10.2 Å². The molecule has 2 rings (SSSR count). The molecule has 1 unspecified atom stereocenters. The summed E-state index contributed by atoms with van der Waals surface area (Å²) in [5, 5.41) is 3.25. The molecule has 0 saturated carbocycles. The SMILES string of the molecule is CCN(Cc1ccc(OC)cc1)C(=O)C1CCNC1.Cl. The van der Waals surface area contributed by atoms with Crippen molar-refractivity contribution in [2.24, 2.45) is 5.92 Å². The molecule has 1 N–H and O–H groups in total. The highest BCUT2D eigenvalue weighted by atomic mass is 35.5. The van der Waals surface area contributed by atoms with Crippen LogP contribution in [0.5, 0.6) is 5.75 Å². The monoisotopic (exact) mass is 298 g/mol. The lowest BCUT2D eigenvalue weighted by Crippen LogP contribution is -2.36. The summed E-state index contributed by atoms with van der Waals surface area (Å²) in [6.07, 6.45) is 0.956. The van der Waals surface area contributed by atoms with Crippen LogP contribution in [0.4, 0.5) is 0 Å². The summed E-state index contributed by atoms with van der Waals surface area (Å²) < 4.78 is 5.14. The fourth-order valence-corrected chi connectivity index (χ4v) is 2.42. The van der Waals surface area contributed by atoms with E-state index in [-0.39, 0.29) is 24.2 Å². The number of amides is 1. The van der Waals surface area contributed by atoms with E-state index in [0.29, 0.717) is 6.54 Å². The number of hydrogen-bond donors (Lipinski definition) is 1. The molecule has 20 heavy (non-hydrogen) atoms. The van der Waals surface area contributed by atoms with Gasteiger partial charge in [0.15, 0.2) is 0 Å². The quantitative estimate of drug-likeness (QED) is 0.905. The van der Waals surface area contributed by atoms with Crippen molar-refractivity contribution in [1.29, 1.82) is 0 Å². The van der Waals surface area contributed by atoms with E-state index in [1.807, 2.05) is 36.1 Å². The maximum atomic E-state index is 12.4. The highest BCUT2D eigenvalue weighted by molar-refractivity contribution is 5.85. The average molecular weight is 299 g/mol. The molecule has 0 bridgehead atoms. The lowest BCUT2D eigenvalue weighted by Gasteiger charge is -2.24. The molecule has 1 aliphatic rings. The van der Waals surface area contributed by atoms with Crippen molar-refractivity contribution < 1.29 is 9.53 Å². The molecule has 1 atom stereocenters. The van der Waals surface area contributed by atoms with Gasteiger partial charge in [0, 0.05) is 19.6 Å². The maximum Gasteiger partial charge on any atom is 0.227 e. The number of rotatable bonds is 5. The van der Waals surface area contributed by atoms with Crippen LogP contribution < -0.4 is 10.1 Å². The number of nitrogens with one attached hydrogen (secondary N) is 1. The Morgan fingerprint density at radius 3 is 2.60 bits per heavy atom. The number of nitrogens with zero attached hydrogens (tertiary/aromatic N) is 1. The minimum absolute atomic E-state index is 0. The van der Waals surface area contributed by atoms with Crippen LogP contribution in [-0.4, -0.2) is 37.6 Å². The van der Waals surface area contributed by atoms with E-state index in [2.05, 4.69) is 5.32 Å². The van der Waals surface area contributed by atoms with E-state index < -0.39 is 0 Å². The molecule has 1 saturated heterocycles. The summed E-state index contributed by atoms with van der Waals surface area (Å²) in [5.74, 6) is 1.26. The lowest BCUT2D eigenvalue weighted by atomic mass is 10.1. The topological polar surface area (TPSA) is 41.6 Å². The van der Waals surface area contributed by atoms with Crippen molar-refractivity contribution in [3.8, 4) is 5.75 Å². The minimum atomic E-state index is 0. The van der Waals surface area contributed by atoms with Gasteiger partial charge in [0.2, 0.25) is 5.91 Å². The van der Waals surface area contributed by atoms with Crippen molar-refractivity contribution in [3.05, 3.63) is 29.8 Å². The zero-order valence-corrected chi connectivity index (χ0v) is 12.9. The Labute approximate surface area is 126 Å². The molecule has 1 heterocycles. The molecule has 1 amide bonds. The van der Waals surface area contributed by atoms with Gasteiger partial charge in [0.25, 0.3) is 0 Å². The Morgan fingerprint density at radius 2 is 2.10 bits per heavy atom. The third kappa shape index (κ3) is 4.12. The van der Waals surface area contributed by atoms with Crippen LogP contribution in [0.25, 0.3) is 0 Å². The average Bonchev–Trinajstić information content (AvgIpc) is 2.99. The number of methoxy groups -OCH3 is 1. The summed E-state index contributed by atoms with van der Waals surface area (Å²) in [5.41, 5.74) is 1.14. The number of ether oxygens (including phenoxy) is 1. The van der Waals surface area contributed by atoms with Crippen molar-refractivity contribution >= 4 is 18.3 Å². The van der Waals surface area contributed by atoms with E-state index in [0.717, 1.165) is 37.4 Å². The van der Waals surface area contributed by atoms with Gasteiger partial charge >= 0.3 is 0 Å². The highest BCUT2D eigenvalue weighted by Crippen LogP contribution is 2.16. The Morgan fingerprint density at radius 1 is 1.40 bits per heavy atom. The molecule has 1 aromatic carbocycles. The molecule has 0 aromatic heterocycles. The van der Waals surface area contributed by atoms with Gasteiger partial charge in [0.1, 0.15) is 5.75 Å². The number of carbonyl (C=O) groups is 1. The Kier molecular flexibility index (Phi) is 6.82. The summed E-state index contributed by atoms with van der Waals surface area (Å²) >= 11 is 0. The van der Waals surface area contributed by atoms with Crippen LogP contribution in [0.15, 0.2) is 24.3 Å².